The van der Waals surface area contributed by atoms with Crippen molar-refractivity contribution in [1.29, 1.82) is 0 Å². The van der Waals surface area contributed by atoms with Gasteiger partial charge in [-0.2, -0.15) is 0 Å². The van der Waals surface area contributed by atoms with E-state index in [1.165, 1.54) is 23.6 Å². The Hall–Kier alpha value is -1.70. The molecule has 0 radical (unpaired) electrons. The number of aryl methyl sites for hydroxylation is 1. The molecule has 23 heavy (non-hydrogen) atoms. The smallest absolute Gasteiger partial charge is 0.224 e. The lowest BCUT2D eigenvalue weighted by Crippen LogP contribution is -2.26. The van der Waals surface area contributed by atoms with Gasteiger partial charge in [0.05, 0.1) is 0 Å². The predicted molar refractivity (Wildman–Crippen MR) is 94.6 cm³/mol. The second kappa shape index (κ2) is 6.82. The van der Waals surface area contributed by atoms with Crippen molar-refractivity contribution in [3.05, 3.63) is 46.5 Å². The Bertz CT molecular complexity index is 644. The first-order valence-electron chi connectivity index (χ1n) is 8.56. The number of ketones is 2. The van der Waals surface area contributed by atoms with Crippen molar-refractivity contribution in [1.82, 2.24) is 0 Å². The third kappa shape index (κ3) is 3.80. The van der Waals surface area contributed by atoms with Crippen molar-refractivity contribution in [3.63, 3.8) is 0 Å². The molecule has 2 rings (SSSR count). The van der Waals surface area contributed by atoms with Gasteiger partial charge in [0.25, 0.3) is 0 Å². The Kier molecular flexibility index (Phi) is 5.23. The third-order valence-electron chi connectivity index (χ3n) is 4.82. The number of benzene rings is 1. The second-order valence-corrected chi connectivity index (χ2v) is 7.75. The molecule has 1 aliphatic rings. The molecular weight excluding hydrogens is 284 g/mol. The minimum absolute atomic E-state index is 0.00110. The van der Waals surface area contributed by atoms with Crippen LogP contribution < -0.4 is 0 Å². The van der Waals surface area contributed by atoms with Gasteiger partial charge in [-0.1, -0.05) is 50.6 Å². The lowest BCUT2D eigenvalue weighted by molar-refractivity contribution is -0.133. The molecular formula is C21H28O2. The van der Waals surface area contributed by atoms with Crippen molar-refractivity contribution in [2.75, 3.05) is 0 Å². The number of Topliss-reactive ketones (excluding diaryl/α,β-unsaturated/α-hetero) is 2. The summed E-state index contributed by atoms with van der Waals surface area (Å²) in [6, 6.07) is 8.42. The van der Waals surface area contributed by atoms with Crippen molar-refractivity contribution < 1.29 is 9.59 Å². The van der Waals surface area contributed by atoms with Crippen LogP contribution in [-0.4, -0.2) is 11.6 Å². The SMILES string of the molecule is CC(=O)C(=O)C1=C(C(c2ccccc2C)C(C)(C)C)CCCC1. The van der Waals surface area contributed by atoms with Gasteiger partial charge in [0.1, 0.15) is 0 Å². The van der Waals surface area contributed by atoms with Crippen LogP contribution in [0.2, 0.25) is 0 Å². The first-order valence-corrected chi connectivity index (χ1v) is 8.56. The number of carbonyl (C=O) groups excluding carboxylic acids is 2. The maximum absolute atomic E-state index is 12.4. The molecule has 0 aromatic heterocycles. The molecule has 1 unspecified atom stereocenters. The van der Waals surface area contributed by atoms with Crippen LogP contribution in [0.15, 0.2) is 35.4 Å². The van der Waals surface area contributed by atoms with Crippen molar-refractivity contribution >= 4 is 11.6 Å². The van der Waals surface area contributed by atoms with Crippen molar-refractivity contribution in [3.8, 4) is 0 Å². The standard InChI is InChI=1S/C21H28O2/c1-14-10-6-7-11-16(14)19(21(3,4)5)17-12-8-9-13-18(17)20(23)15(2)22/h6-7,10-11,19H,8-9,12-13H2,1-5H3. The summed E-state index contributed by atoms with van der Waals surface area (Å²) in [5, 5.41) is 0. The third-order valence-corrected chi connectivity index (χ3v) is 4.82. The molecule has 1 aromatic carbocycles. The molecule has 1 aliphatic carbocycles. The summed E-state index contributed by atoms with van der Waals surface area (Å²) in [7, 11) is 0. The first kappa shape index (κ1) is 17.7. The summed E-state index contributed by atoms with van der Waals surface area (Å²) < 4.78 is 0. The number of carbonyl (C=O) groups is 2. The largest absolute Gasteiger partial charge is 0.291 e. The average molecular weight is 312 g/mol. The van der Waals surface area contributed by atoms with Gasteiger partial charge in [-0.05, 0) is 49.1 Å². The van der Waals surface area contributed by atoms with Crippen LogP contribution in [0.3, 0.4) is 0 Å². The first-order chi connectivity index (χ1) is 10.7. The number of allylic oxidation sites excluding steroid dienone is 2. The molecule has 0 N–H and O–H groups in total. The fourth-order valence-corrected chi connectivity index (χ4v) is 3.81. The molecule has 0 saturated carbocycles. The fourth-order valence-electron chi connectivity index (χ4n) is 3.81. The zero-order valence-corrected chi connectivity index (χ0v) is 15.0. The van der Waals surface area contributed by atoms with E-state index in [1.807, 2.05) is 0 Å². The Labute approximate surface area is 140 Å². The molecule has 1 atom stereocenters. The molecule has 0 heterocycles. The monoisotopic (exact) mass is 312 g/mol. The maximum atomic E-state index is 12.4. The second-order valence-electron chi connectivity index (χ2n) is 7.75. The van der Waals surface area contributed by atoms with Crippen LogP contribution in [0.5, 0.6) is 0 Å². The highest BCUT2D eigenvalue weighted by molar-refractivity contribution is 6.42. The zero-order chi connectivity index (χ0) is 17.2. The summed E-state index contributed by atoms with van der Waals surface area (Å²) in [5.41, 5.74) is 4.51. The summed E-state index contributed by atoms with van der Waals surface area (Å²) in [6.07, 6.45) is 3.77. The molecule has 1 aromatic rings. The summed E-state index contributed by atoms with van der Waals surface area (Å²) in [5.74, 6) is -0.429. The van der Waals surface area contributed by atoms with Gasteiger partial charge in [-0.25, -0.2) is 0 Å². The minimum Gasteiger partial charge on any atom is -0.291 e. The van der Waals surface area contributed by atoms with Crippen LogP contribution >= 0.6 is 0 Å². The zero-order valence-electron chi connectivity index (χ0n) is 15.0. The van der Waals surface area contributed by atoms with E-state index < -0.39 is 0 Å². The Morgan fingerprint density at radius 2 is 1.65 bits per heavy atom. The molecule has 0 spiro atoms. The van der Waals surface area contributed by atoms with E-state index in [1.54, 1.807) is 0 Å². The Balaban J connectivity index is 2.64. The number of hydrogen-bond donors (Lipinski definition) is 0. The van der Waals surface area contributed by atoms with Crippen LogP contribution in [0, 0.1) is 12.3 Å². The Morgan fingerprint density at radius 1 is 1.04 bits per heavy atom. The fraction of sp³-hybridized carbons (Fsp3) is 0.524. The van der Waals surface area contributed by atoms with Gasteiger partial charge in [0.2, 0.25) is 5.78 Å². The van der Waals surface area contributed by atoms with Crippen LogP contribution in [0.4, 0.5) is 0 Å². The van der Waals surface area contributed by atoms with Gasteiger partial charge >= 0.3 is 0 Å². The average Bonchev–Trinajstić information content (AvgIpc) is 2.48. The summed E-state index contributed by atoms with van der Waals surface area (Å²) >= 11 is 0. The molecule has 0 amide bonds. The molecule has 2 heteroatoms. The van der Waals surface area contributed by atoms with Crippen LogP contribution in [0.25, 0.3) is 0 Å². The molecule has 0 bridgehead atoms. The van der Waals surface area contributed by atoms with Crippen LogP contribution in [-0.2, 0) is 9.59 Å². The molecule has 2 nitrogen and oxygen atoms in total. The highest BCUT2D eigenvalue weighted by atomic mass is 16.2. The van der Waals surface area contributed by atoms with Gasteiger partial charge in [-0.3, -0.25) is 9.59 Å². The van der Waals surface area contributed by atoms with E-state index in [9.17, 15) is 9.59 Å². The lowest BCUT2D eigenvalue weighted by atomic mass is 9.67. The number of rotatable bonds is 4. The normalized spacial score (nSPS) is 17.1. The van der Waals surface area contributed by atoms with Crippen molar-refractivity contribution in [2.45, 2.75) is 66.2 Å². The van der Waals surface area contributed by atoms with Gasteiger partial charge < -0.3 is 0 Å². The lowest BCUT2D eigenvalue weighted by Gasteiger charge is -2.37. The van der Waals surface area contributed by atoms with E-state index in [4.69, 9.17) is 0 Å². The van der Waals surface area contributed by atoms with Gasteiger partial charge in [0.15, 0.2) is 5.78 Å². The number of hydrogen-bond acceptors (Lipinski definition) is 2. The minimum atomic E-state index is -0.336. The van der Waals surface area contributed by atoms with E-state index in [-0.39, 0.29) is 22.9 Å². The van der Waals surface area contributed by atoms with E-state index >= 15 is 0 Å². The van der Waals surface area contributed by atoms with Gasteiger partial charge in [-0.15, -0.1) is 0 Å². The molecule has 0 fully saturated rings. The van der Waals surface area contributed by atoms with Gasteiger partial charge in [0, 0.05) is 18.4 Å². The maximum Gasteiger partial charge on any atom is 0.224 e. The van der Waals surface area contributed by atoms with E-state index in [0.29, 0.717) is 0 Å². The molecule has 0 saturated heterocycles. The van der Waals surface area contributed by atoms with E-state index in [0.717, 1.165) is 31.3 Å². The summed E-state index contributed by atoms with van der Waals surface area (Å²) in [6.45, 7) is 10.2. The molecule has 0 aliphatic heterocycles. The quantitative estimate of drug-likeness (QED) is 0.720. The highest BCUT2D eigenvalue weighted by Crippen LogP contribution is 2.46. The summed E-state index contributed by atoms with van der Waals surface area (Å²) in [4.78, 5) is 24.1. The molecule has 124 valence electrons. The van der Waals surface area contributed by atoms with Crippen LogP contribution in [0.1, 0.15) is 70.4 Å². The van der Waals surface area contributed by atoms with Crippen molar-refractivity contribution in [2.24, 2.45) is 5.41 Å². The Morgan fingerprint density at radius 3 is 2.22 bits per heavy atom. The topological polar surface area (TPSA) is 34.1 Å². The van der Waals surface area contributed by atoms with E-state index in [2.05, 4.69) is 52.0 Å². The highest BCUT2D eigenvalue weighted by Gasteiger charge is 2.35. The predicted octanol–water partition coefficient (Wildman–Crippen LogP) is 5.15.